The Morgan fingerprint density at radius 2 is 2.33 bits per heavy atom. The molecule has 1 heterocycles. The number of carbonyl (C=O) groups is 1. The Bertz CT molecular complexity index is 393. The summed E-state index contributed by atoms with van der Waals surface area (Å²) < 4.78 is 0. The molecule has 0 aliphatic rings. The molecule has 0 saturated carbocycles. The van der Waals surface area contributed by atoms with Gasteiger partial charge in [-0.2, -0.15) is 0 Å². The van der Waals surface area contributed by atoms with Gasteiger partial charge in [0.05, 0.1) is 5.69 Å². The Hall–Kier alpha value is -1.39. The number of nitrogens with two attached hydrogens (primary N) is 1. The van der Waals surface area contributed by atoms with E-state index < -0.39 is 12.0 Å². The standard InChI is InChI=1S/C10H11ClN2O2/c1-6(5-7(12)10(14)15)8-3-2-4-9(11)13-8/h2-4,7H,1,5,12H2,(H,14,15)/t7-/m0/s1. The van der Waals surface area contributed by atoms with E-state index in [0.29, 0.717) is 16.4 Å². The van der Waals surface area contributed by atoms with Crippen LogP contribution in [0.25, 0.3) is 5.57 Å². The molecule has 1 rings (SSSR count). The Labute approximate surface area is 92.4 Å². The van der Waals surface area contributed by atoms with Gasteiger partial charge in [0.25, 0.3) is 0 Å². The number of aromatic nitrogens is 1. The fourth-order valence-electron chi connectivity index (χ4n) is 1.06. The van der Waals surface area contributed by atoms with E-state index in [2.05, 4.69) is 11.6 Å². The van der Waals surface area contributed by atoms with Gasteiger partial charge >= 0.3 is 5.97 Å². The van der Waals surface area contributed by atoms with Crippen LogP contribution in [0.2, 0.25) is 5.15 Å². The number of nitrogens with zero attached hydrogens (tertiary/aromatic N) is 1. The predicted molar refractivity (Wildman–Crippen MR) is 58.5 cm³/mol. The highest BCUT2D eigenvalue weighted by Crippen LogP contribution is 2.17. The second-order valence-corrected chi connectivity index (χ2v) is 3.49. The highest BCUT2D eigenvalue weighted by molar-refractivity contribution is 6.29. The van der Waals surface area contributed by atoms with Gasteiger partial charge in [-0.1, -0.05) is 24.2 Å². The van der Waals surface area contributed by atoms with Gasteiger partial charge in [0.2, 0.25) is 0 Å². The van der Waals surface area contributed by atoms with Crippen LogP contribution in [0, 0.1) is 0 Å². The summed E-state index contributed by atoms with van der Waals surface area (Å²) in [4.78, 5) is 14.5. The van der Waals surface area contributed by atoms with Crippen molar-refractivity contribution in [2.45, 2.75) is 12.5 Å². The average Bonchev–Trinajstić information content (AvgIpc) is 2.17. The first-order valence-electron chi connectivity index (χ1n) is 4.30. The van der Waals surface area contributed by atoms with Gasteiger partial charge in [0, 0.05) is 0 Å². The summed E-state index contributed by atoms with van der Waals surface area (Å²) in [5.74, 6) is -1.06. The van der Waals surface area contributed by atoms with Crippen molar-refractivity contribution in [1.82, 2.24) is 4.98 Å². The smallest absolute Gasteiger partial charge is 0.320 e. The number of hydrogen-bond donors (Lipinski definition) is 2. The molecule has 1 aromatic rings. The molecule has 15 heavy (non-hydrogen) atoms. The van der Waals surface area contributed by atoms with Crippen molar-refractivity contribution >= 4 is 23.1 Å². The molecule has 1 aromatic heterocycles. The van der Waals surface area contributed by atoms with E-state index in [0.717, 1.165) is 0 Å². The lowest BCUT2D eigenvalue weighted by atomic mass is 10.1. The fraction of sp³-hybridized carbons (Fsp3) is 0.200. The van der Waals surface area contributed by atoms with Crippen LogP contribution < -0.4 is 5.73 Å². The van der Waals surface area contributed by atoms with Gasteiger partial charge in [-0.15, -0.1) is 0 Å². The zero-order valence-corrected chi connectivity index (χ0v) is 8.74. The number of carboxylic acid groups (broad SMARTS) is 1. The van der Waals surface area contributed by atoms with Gasteiger partial charge in [0.1, 0.15) is 11.2 Å². The Kier molecular flexibility index (Phi) is 3.82. The lowest BCUT2D eigenvalue weighted by molar-refractivity contribution is -0.138. The SMILES string of the molecule is C=C(C[C@H](N)C(=O)O)c1cccc(Cl)n1. The Balaban J connectivity index is 2.73. The van der Waals surface area contributed by atoms with Crippen LogP contribution >= 0.6 is 11.6 Å². The van der Waals surface area contributed by atoms with E-state index in [1.807, 2.05) is 0 Å². The molecule has 0 aliphatic heterocycles. The van der Waals surface area contributed by atoms with E-state index in [-0.39, 0.29) is 6.42 Å². The second-order valence-electron chi connectivity index (χ2n) is 3.10. The number of carboxylic acids is 1. The molecule has 4 nitrogen and oxygen atoms in total. The highest BCUT2D eigenvalue weighted by Gasteiger charge is 2.14. The first-order chi connectivity index (χ1) is 7.00. The molecule has 0 aromatic carbocycles. The maximum atomic E-state index is 10.5. The van der Waals surface area contributed by atoms with Crippen molar-refractivity contribution in [1.29, 1.82) is 0 Å². The number of rotatable bonds is 4. The van der Waals surface area contributed by atoms with E-state index >= 15 is 0 Å². The minimum atomic E-state index is -1.06. The van der Waals surface area contributed by atoms with E-state index in [4.69, 9.17) is 22.4 Å². The molecule has 0 bridgehead atoms. The van der Waals surface area contributed by atoms with Crippen LogP contribution in [0.1, 0.15) is 12.1 Å². The average molecular weight is 227 g/mol. The van der Waals surface area contributed by atoms with Crippen molar-refractivity contribution in [3.8, 4) is 0 Å². The van der Waals surface area contributed by atoms with Gasteiger partial charge in [0.15, 0.2) is 0 Å². The quantitative estimate of drug-likeness (QED) is 0.764. The van der Waals surface area contributed by atoms with Crippen molar-refractivity contribution in [3.05, 3.63) is 35.6 Å². The van der Waals surface area contributed by atoms with Gasteiger partial charge < -0.3 is 10.8 Å². The molecule has 1 atom stereocenters. The van der Waals surface area contributed by atoms with Crippen molar-refractivity contribution < 1.29 is 9.90 Å². The number of aliphatic carboxylic acids is 1. The van der Waals surface area contributed by atoms with Crippen molar-refractivity contribution in [2.24, 2.45) is 5.73 Å². The van der Waals surface area contributed by atoms with E-state index in [9.17, 15) is 4.79 Å². The van der Waals surface area contributed by atoms with Crippen LogP contribution in [0.15, 0.2) is 24.8 Å². The zero-order chi connectivity index (χ0) is 11.4. The van der Waals surface area contributed by atoms with Crippen LogP contribution in [0.5, 0.6) is 0 Å². The van der Waals surface area contributed by atoms with Crippen LogP contribution in [-0.2, 0) is 4.79 Å². The molecule has 0 amide bonds. The van der Waals surface area contributed by atoms with Crippen LogP contribution in [0.4, 0.5) is 0 Å². The Morgan fingerprint density at radius 3 is 2.87 bits per heavy atom. The third kappa shape index (κ3) is 3.34. The summed E-state index contributed by atoms with van der Waals surface area (Å²) in [5.41, 5.74) is 6.50. The molecule has 0 unspecified atom stereocenters. The molecule has 0 aliphatic carbocycles. The summed E-state index contributed by atoms with van der Waals surface area (Å²) in [6, 6.07) is 4.11. The predicted octanol–water partition coefficient (Wildman–Crippen LogP) is 1.55. The molecular formula is C10H11ClN2O2. The van der Waals surface area contributed by atoms with Gasteiger partial charge in [-0.3, -0.25) is 4.79 Å². The summed E-state index contributed by atoms with van der Waals surface area (Å²) >= 11 is 5.69. The number of pyridine rings is 1. The maximum Gasteiger partial charge on any atom is 0.320 e. The topological polar surface area (TPSA) is 76.2 Å². The minimum absolute atomic E-state index is 0.155. The van der Waals surface area contributed by atoms with E-state index in [1.54, 1.807) is 18.2 Å². The zero-order valence-electron chi connectivity index (χ0n) is 7.98. The fourth-order valence-corrected chi connectivity index (χ4v) is 1.23. The first kappa shape index (κ1) is 11.7. The Morgan fingerprint density at radius 1 is 1.67 bits per heavy atom. The molecule has 0 spiro atoms. The third-order valence-corrected chi connectivity index (χ3v) is 2.07. The number of hydrogen-bond acceptors (Lipinski definition) is 3. The largest absolute Gasteiger partial charge is 0.480 e. The maximum absolute atomic E-state index is 10.5. The number of halogens is 1. The third-order valence-electron chi connectivity index (χ3n) is 1.86. The summed E-state index contributed by atoms with van der Waals surface area (Å²) in [7, 11) is 0. The molecule has 0 fully saturated rings. The summed E-state index contributed by atoms with van der Waals surface area (Å²) in [6.45, 7) is 3.72. The molecule has 0 radical (unpaired) electrons. The van der Waals surface area contributed by atoms with Gasteiger partial charge in [-0.05, 0) is 24.1 Å². The monoisotopic (exact) mass is 226 g/mol. The summed E-state index contributed by atoms with van der Waals surface area (Å²) in [6.07, 6.45) is 0.155. The molecule has 80 valence electrons. The first-order valence-corrected chi connectivity index (χ1v) is 4.67. The second kappa shape index (κ2) is 4.91. The minimum Gasteiger partial charge on any atom is -0.480 e. The van der Waals surface area contributed by atoms with E-state index in [1.165, 1.54) is 0 Å². The van der Waals surface area contributed by atoms with Crippen LogP contribution in [-0.4, -0.2) is 22.1 Å². The van der Waals surface area contributed by atoms with Crippen LogP contribution in [0.3, 0.4) is 0 Å². The summed E-state index contributed by atoms with van der Waals surface area (Å²) in [5, 5.41) is 8.96. The molecule has 0 saturated heterocycles. The molecule has 5 heteroatoms. The lowest BCUT2D eigenvalue weighted by Crippen LogP contribution is -2.30. The molecular weight excluding hydrogens is 216 g/mol. The lowest BCUT2D eigenvalue weighted by Gasteiger charge is -2.08. The highest BCUT2D eigenvalue weighted by atomic mass is 35.5. The van der Waals surface area contributed by atoms with Gasteiger partial charge in [-0.25, -0.2) is 4.98 Å². The molecule has 3 N–H and O–H groups in total. The van der Waals surface area contributed by atoms with Crippen molar-refractivity contribution in [2.75, 3.05) is 0 Å². The normalized spacial score (nSPS) is 12.1. The van der Waals surface area contributed by atoms with Crippen molar-refractivity contribution in [3.63, 3.8) is 0 Å².